The van der Waals surface area contributed by atoms with Gasteiger partial charge in [-0.1, -0.05) is 30.3 Å². The first-order valence-corrected chi connectivity index (χ1v) is 6.19. The van der Waals surface area contributed by atoms with Gasteiger partial charge in [0.15, 0.2) is 0 Å². The molecule has 1 aliphatic heterocycles. The number of nitrogens with zero attached hydrogens (tertiary/aromatic N) is 2. The Balaban J connectivity index is 1.72. The molecule has 1 aromatic rings. The highest BCUT2D eigenvalue weighted by atomic mass is 16.6. The van der Waals surface area contributed by atoms with E-state index in [0.717, 1.165) is 39.3 Å². The summed E-state index contributed by atoms with van der Waals surface area (Å²) >= 11 is 0. The quantitative estimate of drug-likeness (QED) is 0.763. The van der Waals surface area contributed by atoms with Crippen LogP contribution < -0.4 is 5.90 Å². The smallest absolute Gasteiger partial charge is 0.0806 e. The molecule has 1 saturated heterocycles. The van der Waals surface area contributed by atoms with Crippen LogP contribution in [0.3, 0.4) is 0 Å². The number of hydrogen-bond donors (Lipinski definition) is 1. The SMILES string of the molecule is NOCCN1CCN(Cc2ccccc2)CC1. The molecule has 94 valence electrons. The molecule has 1 fully saturated rings. The number of benzene rings is 1. The summed E-state index contributed by atoms with van der Waals surface area (Å²) in [7, 11) is 0. The highest BCUT2D eigenvalue weighted by molar-refractivity contribution is 5.14. The summed E-state index contributed by atoms with van der Waals surface area (Å²) in [4.78, 5) is 9.50. The Hall–Kier alpha value is -0.940. The van der Waals surface area contributed by atoms with Gasteiger partial charge >= 0.3 is 0 Å². The fourth-order valence-electron chi connectivity index (χ4n) is 2.19. The fraction of sp³-hybridized carbons (Fsp3) is 0.538. The van der Waals surface area contributed by atoms with Gasteiger partial charge in [-0.15, -0.1) is 0 Å². The lowest BCUT2D eigenvalue weighted by Gasteiger charge is -2.34. The lowest BCUT2D eigenvalue weighted by Crippen LogP contribution is -2.46. The van der Waals surface area contributed by atoms with E-state index in [-0.39, 0.29) is 0 Å². The Morgan fingerprint density at radius 1 is 1.00 bits per heavy atom. The van der Waals surface area contributed by atoms with E-state index < -0.39 is 0 Å². The van der Waals surface area contributed by atoms with Gasteiger partial charge in [-0.25, -0.2) is 5.90 Å². The second-order valence-electron chi connectivity index (χ2n) is 4.47. The molecule has 0 amide bonds. The normalized spacial score (nSPS) is 18.4. The van der Waals surface area contributed by atoms with Crippen molar-refractivity contribution < 1.29 is 4.84 Å². The number of rotatable bonds is 5. The number of hydrogen-bond acceptors (Lipinski definition) is 4. The molecule has 4 nitrogen and oxygen atoms in total. The lowest BCUT2D eigenvalue weighted by atomic mass is 10.2. The van der Waals surface area contributed by atoms with E-state index in [2.05, 4.69) is 45.0 Å². The fourth-order valence-corrected chi connectivity index (χ4v) is 2.19. The molecule has 0 bridgehead atoms. The van der Waals surface area contributed by atoms with Crippen molar-refractivity contribution in [1.29, 1.82) is 0 Å². The van der Waals surface area contributed by atoms with Crippen molar-refractivity contribution in [2.45, 2.75) is 6.54 Å². The standard InChI is InChI=1S/C13H21N3O/c14-17-11-10-15-6-8-16(9-7-15)12-13-4-2-1-3-5-13/h1-5H,6-12,14H2. The highest BCUT2D eigenvalue weighted by Gasteiger charge is 2.16. The summed E-state index contributed by atoms with van der Waals surface area (Å²) in [6, 6.07) is 10.6. The van der Waals surface area contributed by atoms with E-state index in [1.807, 2.05) is 0 Å². The van der Waals surface area contributed by atoms with Crippen molar-refractivity contribution in [3.63, 3.8) is 0 Å². The van der Waals surface area contributed by atoms with Crippen LogP contribution in [-0.4, -0.2) is 49.1 Å². The molecule has 1 heterocycles. The van der Waals surface area contributed by atoms with Crippen molar-refractivity contribution in [2.24, 2.45) is 5.90 Å². The summed E-state index contributed by atoms with van der Waals surface area (Å²) in [5, 5.41) is 0. The van der Waals surface area contributed by atoms with Gasteiger partial charge in [0.25, 0.3) is 0 Å². The Kier molecular flexibility index (Phi) is 4.94. The molecule has 0 aromatic heterocycles. The molecule has 0 aliphatic carbocycles. The van der Waals surface area contributed by atoms with Gasteiger partial charge in [-0.3, -0.25) is 9.80 Å². The zero-order valence-corrected chi connectivity index (χ0v) is 10.2. The second-order valence-corrected chi connectivity index (χ2v) is 4.47. The summed E-state index contributed by atoms with van der Waals surface area (Å²) < 4.78 is 0. The van der Waals surface area contributed by atoms with Gasteiger partial charge < -0.3 is 4.84 Å². The van der Waals surface area contributed by atoms with E-state index in [9.17, 15) is 0 Å². The van der Waals surface area contributed by atoms with Gasteiger partial charge in [-0.05, 0) is 5.56 Å². The molecular weight excluding hydrogens is 214 g/mol. The molecule has 0 saturated carbocycles. The van der Waals surface area contributed by atoms with Crippen LogP contribution >= 0.6 is 0 Å². The van der Waals surface area contributed by atoms with Gasteiger partial charge in [0.1, 0.15) is 0 Å². The van der Waals surface area contributed by atoms with Crippen molar-refractivity contribution in [1.82, 2.24) is 9.80 Å². The molecule has 0 spiro atoms. The lowest BCUT2D eigenvalue weighted by molar-refractivity contribution is 0.0740. The monoisotopic (exact) mass is 235 g/mol. The predicted molar refractivity (Wildman–Crippen MR) is 68.3 cm³/mol. The first kappa shape index (κ1) is 12.5. The first-order chi connectivity index (χ1) is 8.38. The molecule has 0 radical (unpaired) electrons. The topological polar surface area (TPSA) is 41.7 Å². The van der Waals surface area contributed by atoms with Gasteiger partial charge in [0.2, 0.25) is 0 Å². The summed E-state index contributed by atoms with van der Waals surface area (Å²) in [6.45, 7) is 7.09. The van der Waals surface area contributed by atoms with Crippen LogP contribution in [0.15, 0.2) is 30.3 Å². The van der Waals surface area contributed by atoms with E-state index >= 15 is 0 Å². The van der Waals surface area contributed by atoms with E-state index in [0.29, 0.717) is 6.61 Å². The molecule has 17 heavy (non-hydrogen) atoms. The molecular formula is C13H21N3O. The van der Waals surface area contributed by atoms with Crippen LogP contribution in [0.25, 0.3) is 0 Å². The summed E-state index contributed by atoms with van der Waals surface area (Å²) in [6.07, 6.45) is 0. The van der Waals surface area contributed by atoms with Crippen LogP contribution in [0.1, 0.15) is 5.56 Å². The summed E-state index contributed by atoms with van der Waals surface area (Å²) in [5.74, 6) is 5.04. The Morgan fingerprint density at radius 3 is 2.29 bits per heavy atom. The Bertz CT molecular complexity index is 310. The molecule has 1 aliphatic rings. The Morgan fingerprint density at radius 2 is 1.65 bits per heavy atom. The van der Waals surface area contributed by atoms with Gasteiger partial charge in [0.05, 0.1) is 6.61 Å². The van der Waals surface area contributed by atoms with Crippen molar-refractivity contribution in [2.75, 3.05) is 39.3 Å². The minimum Gasteiger partial charge on any atom is -0.303 e. The van der Waals surface area contributed by atoms with Gasteiger partial charge in [-0.2, -0.15) is 0 Å². The van der Waals surface area contributed by atoms with Crippen molar-refractivity contribution in [3.8, 4) is 0 Å². The minimum absolute atomic E-state index is 0.624. The van der Waals surface area contributed by atoms with Crippen LogP contribution in [-0.2, 0) is 11.4 Å². The summed E-state index contributed by atoms with van der Waals surface area (Å²) in [5.41, 5.74) is 1.39. The van der Waals surface area contributed by atoms with E-state index in [4.69, 9.17) is 5.90 Å². The van der Waals surface area contributed by atoms with Crippen LogP contribution in [0.4, 0.5) is 0 Å². The largest absolute Gasteiger partial charge is 0.303 e. The predicted octanol–water partition coefficient (Wildman–Crippen LogP) is 0.694. The minimum atomic E-state index is 0.624. The highest BCUT2D eigenvalue weighted by Crippen LogP contribution is 2.07. The maximum absolute atomic E-state index is 5.04. The first-order valence-electron chi connectivity index (χ1n) is 6.19. The van der Waals surface area contributed by atoms with Crippen molar-refractivity contribution in [3.05, 3.63) is 35.9 Å². The second kappa shape index (κ2) is 6.71. The van der Waals surface area contributed by atoms with E-state index in [1.165, 1.54) is 5.56 Å². The van der Waals surface area contributed by atoms with Crippen LogP contribution in [0.2, 0.25) is 0 Å². The third-order valence-electron chi connectivity index (χ3n) is 3.24. The third kappa shape index (κ3) is 4.09. The van der Waals surface area contributed by atoms with Crippen LogP contribution in [0.5, 0.6) is 0 Å². The average molecular weight is 235 g/mol. The maximum Gasteiger partial charge on any atom is 0.0806 e. The molecule has 1 aromatic carbocycles. The molecule has 2 rings (SSSR count). The molecule has 2 N–H and O–H groups in total. The van der Waals surface area contributed by atoms with Crippen LogP contribution in [0, 0.1) is 0 Å². The Labute approximate surface area is 103 Å². The maximum atomic E-state index is 5.04. The van der Waals surface area contributed by atoms with E-state index in [1.54, 1.807) is 0 Å². The average Bonchev–Trinajstić information content (AvgIpc) is 2.39. The molecule has 0 atom stereocenters. The molecule has 4 heteroatoms. The van der Waals surface area contributed by atoms with Gasteiger partial charge in [0, 0.05) is 39.3 Å². The zero-order valence-electron chi connectivity index (χ0n) is 10.2. The van der Waals surface area contributed by atoms with Crippen molar-refractivity contribution >= 4 is 0 Å². The number of piperazine rings is 1. The third-order valence-corrected chi connectivity index (χ3v) is 3.24. The molecule has 0 unspecified atom stereocenters. The zero-order chi connectivity index (χ0) is 11.9. The number of nitrogens with two attached hydrogens (primary N) is 1.